The van der Waals surface area contributed by atoms with Crippen molar-refractivity contribution in [2.75, 3.05) is 10.2 Å². The number of fused-ring (bicyclic) bond motifs is 13. The Balaban J connectivity index is 1.11. The molecule has 14 rings (SSSR count). The fourth-order valence-corrected chi connectivity index (χ4v) is 16.3. The third kappa shape index (κ3) is 6.14. The minimum Gasteiger partial charge on any atom is -0.454 e. The quantitative estimate of drug-likeness (QED) is 0.175. The summed E-state index contributed by atoms with van der Waals surface area (Å²) >= 11 is 1.96. The first-order valence-electron chi connectivity index (χ1n) is 26.7. The van der Waals surface area contributed by atoms with Gasteiger partial charge < -0.3 is 14.6 Å². The van der Waals surface area contributed by atoms with Gasteiger partial charge in [0, 0.05) is 53.9 Å². The first-order chi connectivity index (χ1) is 33.7. The van der Waals surface area contributed by atoms with Gasteiger partial charge in [0.25, 0.3) is 0 Å². The second kappa shape index (κ2) is 14.2. The number of furan rings is 1. The van der Waals surface area contributed by atoms with Gasteiger partial charge in [-0.05, 0) is 200 Å². The minimum atomic E-state index is 0.0103. The van der Waals surface area contributed by atoms with Crippen LogP contribution in [0.3, 0.4) is 0 Å². The molecule has 3 nitrogen and oxygen atoms in total. The largest absolute Gasteiger partial charge is 0.454 e. The summed E-state index contributed by atoms with van der Waals surface area (Å²) in [5.41, 5.74) is 24.1. The van der Waals surface area contributed by atoms with E-state index in [1.165, 1.54) is 135 Å². The van der Waals surface area contributed by atoms with Crippen molar-refractivity contribution in [1.82, 2.24) is 0 Å². The summed E-state index contributed by atoms with van der Waals surface area (Å²) in [4.78, 5) is 2.66. The molecule has 5 aliphatic rings. The maximum atomic E-state index is 7.28. The third-order valence-corrected chi connectivity index (χ3v) is 20.7. The summed E-state index contributed by atoms with van der Waals surface area (Å²) in [6, 6.07) is 43.0. The maximum absolute atomic E-state index is 7.28. The number of rotatable bonds is 2. The molecule has 5 heteroatoms. The van der Waals surface area contributed by atoms with Crippen LogP contribution in [0, 0.1) is 6.92 Å². The van der Waals surface area contributed by atoms with E-state index in [2.05, 4.69) is 196 Å². The standard InChI is InChI=1S/C66H67BN2OS/c1-37-30-46-48(63(6,7)25-24-62(46,4)5)35-53(37)69-52-23-21-41-40-17-13-15-19-55(40)71-60(41)57(52)67-56-43(32-44-39-16-12-14-18-54(39)70-59(44)58(56)69)42-33-47-50-34-51(42)68-38-20-22-45-49(31-38)65(10,28-26-61(45,2)3)36-66(50,11)29-27-64(47,8)9/h12-23,30-35,67-68H,24-29,36H2,1-11H3. The van der Waals surface area contributed by atoms with Crippen LogP contribution in [0.25, 0.3) is 53.2 Å². The Kier molecular flexibility index (Phi) is 8.82. The van der Waals surface area contributed by atoms with Gasteiger partial charge in [-0.3, -0.25) is 0 Å². The molecule has 0 saturated heterocycles. The average Bonchev–Trinajstić information content (AvgIpc) is 3.91. The highest BCUT2D eigenvalue weighted by Crippen LogP contribution is 2.59. The number of hydrogen-bond donors (Lipinski definition) is 1. The number of aryl methyl sites for hydroxylation is 1. The zero-order valence-corrected chi connectivity index (χ0v) is 44.6. The van der Waals surface area contributed by atoms with Gasteiger partial charge >= 0.3 is 0 Å². The Morgan fingerprint density at radius 3 is 1.90 bits per heavy atom. The van der Waals surface area contributed by atoms with Crippen LogP contribution >= 0.6 is 11.3 Å². The van der Waals surface area contributed by atoms with E-state index < -0.39 is 0 Å². The normalized spacial score (nSPS) is 22.9. The molecule has 0 amide bonds. The predicted octanol–water partition coefficient (Wildman–Crippen LogP) is 17.3. The lowest BCUT2D eigenvalue weighted by Gasteiger charge is -2.51. The van der Waals surface area contributed by atoms with Gasteiger partial charge in [0.05, 0.1) is 5.69 Å². The number of nitrogens with zero attached hydrogens (tertiary/aromatic N) is 1. The predicted molar refractivity (Wildman–Crippen MR) is 307 cm³/mol. The molecule has 7 aromatic carbocycles. The fraction of sp³-hybridized carbons (Fsp3) is 0.364. The monoisotopic (exact) mass is 947 g/mol. The molecule has 2 aromatic heterocycles. The SMILES string of the molecule is Cc1cc2c(cc1N1c3ccc4c(sc5ccccc54)c3Bc3c(-c4cc5c6cc4Nc4ccc7c(c4)C(C)(CCC7(C)C)CC6(C)CCC5(C)C)cc4c(oc5ccccc54)c31)C(C)(C)CCC2(C)C. The van der Waals surface area contributed by atoms with Gasteiger partial charge in [-0.15, -0.1) is 11.3 Å². The van der Waals surface area contributed by atoms with Crippen molar-refractivity contribution < 1.29 is 4.42 Å². The van der Waals surface area contributed by atoms with E-state index in [9.17, 15) is 0 Å². The van der Waals surface area contributed by atoms with Crippen LogP contribution in [0.2, 0.25) is 0 Å². The Bertz CT molecular complexity index is 3820. The van der Waals surface area contributed by atoms with Crippen LogP contribution in [-0.4, -0.2) is 7.28 Å². The number of para-hydroxylation sites is 1. The molecule has 3 aliphatic carbocycles. The summed E-state index contributed by atoms with van der Waals surface area (Å²) < 4.78 is 10.0. The van der Waals surface area contributed by atoms with E-state index in [4.69, 9.17) is 4.42 Å². The molecule has 0 saturated carbocycles. The minimum absolute atomic E-state index is 0.0103. The van der Waals surface area contributed by atoms with Crippen molar-refractivity contribution in [1.29, 1.82) is 0 Å². The molecule has 1 N–H and O–H groups in total. The number of nitrogens with one attached hydrogen (secondary N) is 1. The molecule has 4 heterocycles. The summed E-state index contributed by atoms with van der Waals surface area (Å²) in [5, 5.41) is 9.24. The molecular formula is C66H67BN2OS. The Labute approximate surface area is 425 Å². The third-order valence-electron chi connectivity index (χ3n) is 19.5. The Morgan fingerprint density at radius 1 is 0.521 bits per heavy atom. The van der Waals surface area contributed by atoms with Gasteiger partial charge in [0.15, 0.2) is 5.58 Å². The van der Waals surface area contributed by atoms with Gasteiger partial charge in [0.1, 0.15) is 5.58 Å². The number of thiophene rings is 1. The van der Waals surface area contributed by atoms with Crippen LogP contribution in [0.5, 0.6) is 0 Å². The molecule has 71 heavy (non-hydrogen) atoms. The lowest BCUT2D eigenvalue weighted by molar-refractivity contribution is 0.208. The van der Waals surface area contributed by atoms with E-state index in [1.807, 2.05) is 11.3 Å². The number of hydrogen-bond acceptors (Lipinski definition) is 4. The molecule has 356 valence electrons. The number of anilines is 5. The van der Waals surface area contributed by atoms with Crippen LogP contribution in [0.1, 0.15) is 153 Å². The summed E-state index contributed by atoms with van der Waals surface area (Å²) in [7, 11) is 0.792. The van der Waals surface area contributed by atoms with Gasteiger partial charge in [-0.1, -0.05) is 124 Å². The summed E-state index contributed by atoms with van der Waals surface area (Å²) in [5.74, 6) is 0. The van der Waals surface area contributed by atoms with E-state index in [0.29, 0.717) is 0 Å². The van der Waals surface area contributed by atoms with Crippen molar-refractivity contribution in [2.45, 2.75) is 154 Å². The highest BCUT2D eigenvalue weighted by molar-refractivity contribution is 7.27. The molecule has 2 unspecified atom stereocenters. The van der Waals surface area contributed by atoms with Crippen LogP contribution in [-0.2, 0) is 32.5 Å². The average molecular weight is 947 g/mol. The van der Waals surface area contributed by atoms with Crippen molar-refractivity contribution in [3.8, 4) is 11.1 Å². The van der Waals surface area contributed by atoms with Crippen molar-refractivity contribution in [3.05, 3.63) is 148 Å². The molecule has 2 atom stereocenters. The first-order valence-corrected chi connectivity index (χ1v) is 27.5. The van der Waals surface area contributed by atoms with E-state index in [-0.39, 0.29) is 32.5 Å². The second-order valence-electron chi connectivity index (χ2n) is 26.1. The van der Waals surface area contributed by atoms with Crippen molar-refractivity contribution in [3.63, 3.8) is 0 Å². The highest BCUT2D eigenvalue weighted by Gasteiger charge is 2.49. The maximum Gasteiger partial charge on any atom is 0.200 e. The zero-order valence-electron chi connectivity index (χ0n) is 43.8. The molecule has 4 bridgehead atoms. The Hall–Kier alpha value is -5.78. The smallest absolute Gasteiger partial charge is 0.200 e. The molecule has 0 fully saturated rings. The molecule has 0 radical (unpaired) electrons. The summed E-state index contributed by atoms with van der Waals surface area (Å²) in [6.45, 7) is 27.4. The van der Waals surface area contributed by atoms with Crippen LogP contribution < -0.4 is 21.1 Å². The molecule has 9 aromatic rings. The van der Waals surface area contributed by atoms with Gasteiger partial charge in [-0.2, -0.15) is 0 Å². The lowest BCUT2D eigenvalue weighted by Crippen LogP contribution is -2.44. The van der Waals surface area contributed by atoms with Crippen molar-refractivity contribution >= 4 is 100 Å². The molecular weight excluding hydrogens is 880 g/mol. The topological polar surface area (TPSA) is 28.4 Å². The molecule has 0 spiro atoms. The zero-order chi connectivity index (χ0) is 48.9. The van der Waals surface area contributed by atoms with Crippen molar-refractivity contribution in [2.24, 2.45) is 0 Å². The van der Waals surface area contributed by atoms with Gasteiger partial charge in [-0.25, -0.2) is 0 Å². The summed E-state index contributed by atoms with van der Waals surface area (Å²) in [6.07, 6.45) is 8.28. The van der Waals surface area contributed by atoms with Crippen LogP contribution in [0.15, 0.2) is 114 Å². The van der Waals surface area contributed by atoms with Crippen LogP contribution in [0.4, 0.5) is 28.4 Å². The molecule has 2 aliphatic heterocycles. The fourth-order valence-electron chi connectivity index (χ4n) is 15.0. The van der Waals surface area contributed by atoms with E-state index >= 15 is 0 Å². The van der Waals surface area contributed by atoms with E-state index in [1.54, 1.807) is 5.56 Å². The van der Waals surface area contributed by atoms with E-state index in [0.717, 1.165) is 43.1 Å². The second-order valence-corrected chi connectivity index (χ2v) is 27.2. The Morgan fingerprint density at radius 2 is 1.15 bits per heavy atom. The highest BCUT2D eigenvalue weighted by atomic mass is 32.1. The number of benzene rings is 7. The van der Waals surface area contributed by atoms with Gasteiger partial charge in [0.2, 0.25) is 7.28 Å². The first kappa shape index (κ1) is 44.0. The lowest BCUT2D eigenvalue weighted by atomic mass is 9.53.